The number of anilines is 1. The molecule has 2 unspecified atom stereocenters. The van der Waals surface area contributed by atoms with Crippen molar-refractivity contribution in [2.45, 2.75) is 31.9 Å². The predicted octanol–water partition coefficient (Wildman–Crippen LogP) is 2.56. The van der Waals surface area contributed by atoms with Crippen LogP contribution in [-0.4, -0.2) is 70.0 Å². The number of morpholine rings is 1. The molecule has 1 aromatic rings. The quantitative estimate of drug-likeness (QED) is 0.363. The van der Waals surface area contributed by atoms with Crippen LogP contribution < -0.4 is 20.1 Å². The topological polar surface area (TPSA) is 67.4 Å². The molecule has 0 saturated carbocycles. The molecule has 0 amide bonds. The summed E-state index contributed by atoms with van der Waals surface area (Å²) in [5.41, 5.74) is 0.895. The molecule has 0 bridgehead atoms. The number of rotatable bonds is 6. The van der Waals surface area contributed by atoms with E-state index in [9.17, 15) is 0 Å². The number of hydrogen-bond acceptors (Lipinski definition) is 5. The van der Waals surface area contributed by atoms with E-state index in [1.807, 2.05) is 18.2 Å². The van der Waals surface area contributed by atoms with Gasteiger partial charge in [0.05, 0.1) is 33.5 Å². The third-order valence-corrected chi connectivity index (χ3v) is 4.91. The number of guanidine groups is 1. The van der Waals surface area contributed by atoms with Crippen molar-refractivity contribution in [2.75, 3.05) is 52.3 Å². The van der Waals surface area contributed by atoms with Crippen molar-refractivity contribution < 1.29 is 14.2 Å². The molecular weight excluding hydrogens is 459 g/mol. The van der Waals surface area contributed by atoms with Crippen LogP contribution in [0.15, 0.2) is 23.2 Å². The molecule has 0 spiro atoms. The van der Waals surface area contributed by atoms with Crippen LogP contribution in [0.1, 0.15) is 19.8 Å². The maximum Gasteiger partial charge on any atom is 0.195 e. The van der Waals surface area contributed by atoms with Gasteiger partial charge in [-0.25, -0.2) is 0 Å². The van der Waals surface area contributed by atoms with Crippen molar-refractivity contribution in [3.8, 4) is 11.5 Å². The van der Waals surface area contributed by atoms with E-state index in [1.165, 1.54) is 19.4 Å². The predicted molar refractivity (Wildman–Crippen MR) is 119 cm³/mol. The fourth-order valence-corrected chi connectivity index (χ4v) is 3.55. The largest absolute Gasteiger partial charge is 0.493 e. The van der Waals surface area contributed by atoms with Crippen molar-refractivity contribution in [3.63, 3.8) is 0 Å². The van der Waals surface area contributed by atoms with E-state index in [2.05, 4.69) is 22.5 Å². The van der Waals surface area contributed by atoms with E-state index in [0.29, 0.717) is 24.1 Å². The Bertz CT molecular complexity index is 629. The summed E-state index contributed by atoms with van der Waals surface area (Å²) in [6.45, 7) is 6.49. The normalized spacial score (nSPS) is 22.6. The lowest BCUT2D eigenvalue weighted by Crippen LogP contribution is -2.47. The number of nitrogens with zero attached hydrogens (tertiary/aromatic N) is 2. The number of hydrogen-bond donors (Lipinski definition) is 2. The van der Waals surface area contributed by atoms with Crippen LogP contribution >= 0.6 is 24.0 Å². The Balaban J connectivity index is 0.00000261. The monoisotopic (exact) mass is 490 g/mol. The van der Waals surface area contributed by atoms with E-state index in [-0.39, 0.29) is 30.1 Å². The molecule has 2 aliphatic rings. The SMILES string of the molecule is CCNC(=NCC1CN2CCCC2CO1)Nc1ccc(OC)c(OC)c1.I. The number of aliphatic imine (C=N–C) groups is 1. The second kappa shape index (κ2) is 10.9. The molecular formula is C19H31IN4O3. The standard InChI is InChI=1S/C19H30N4O3.HI/c1-4-20-19(22-14-7-8-17(24-2)18(10-14)25-3)21-11-16-12-23-9-5-6-15(23)13-26-16;/h7-8,10,15-16H,4-6,9,11-13H2,1-3H3,(H2,20,21,22);1H. The van der Waals surface area contributed by atoms with Gasteiger partial charge in [-0.2, -0.15) is 0 Å². The van der Waals surface area contributed by atoms with Gasteiger partial charge in [-0.3, -0.25) is 9.89 Å². The molecule has 1 aromatic carbocycles. The van der Waals surface area contributed by atoms with Gasteiger partial charge in [0.15, 0.2) is 17.5 Å². The zero-order valence-corrected chi connectivity index (χ0v) is 18.7. The van der Waals surface area contributed by atoms with Gasteiger partial charge in [0, 0.05) is 30.9 Å². The second-order valence-electron chi connectivity index (χ2n) is 6.66. The second-order valence-corrected chi connectivity index (χ2v) is 6.66. The summed E-state index contributed by atoms with van der Waals surface area (Å²) in [6, 6.07) is 6.34. The zero-order valence-electron chi connectivity index (χ0n) is 16.4. The van der Waals surface area contributed by atoms with Gasteiger partial charge in [-0.1, -0.05) is 0 Å². The molecule has 27 heavy (non-hydrogen) atoms. The Morgan fingerprint density at radius 2 is 2.11 bits per heavy atom. The van der Waals surface area contributed by atoms with Gasteiger partial charge < -0.3 is 24.8 Å². The minimum absolute atomic E-state index is 0. The highest BCUT2D eigenvalue weighted by Crippen LogP contribution is 2.29. The van der Waals surface area contributed by atoms with Crippen LogP contribution in [0.2, 0.25) is 0 Å². The Labute approximate surface area is 178 Å². The average molecular weight is 490 g/mol. The van der Waals surface area contributed by atoms with Crippen LogP contribution in [0, 0.1) is 0 Å². The highest BCUT2D eigenvalue weighted by Gasteiger charge is 2.31. The fraction of sp³-hybridized carbons (Fsp3) is 0.632. The van der Waals surface area contributed by atoms with Crippen molar-refractivity contribution in [1.82, 2.24) is 10.2 Å². The lowest BCUT2D eigenvalue weighted by Gasteiger charge is -2.34. The Morgan fingerprint density at radius 1 is 1.30 bits per heavy atom. The number of methoxy groups -OCH3 is 2. The number of halogens is 1. The van der Waals surface area contributed by atoms with Crippen LogP contribution in [0.5, 0.6) is 11.5 Å². The van der Waals surface area contributed by atoms with Crippen molar-refractivity contribution in [3.05, 3.63) is 18.2 Å². The van der Waals surface area contributed by atoms with Crippen molar-refractivity contribution in [1.29, 1.82) is 0 Å². The number of benzene rings is 1. The maximum atomic E-state index is 6.00. The third-order valence-electron chi connectivity index (χ3n) is 4.91. The maximum absolute atomic E-state index is 6.00. The van der Waals surface area contributed by atoms with Gasteiger partial charge in [-0.15, -0.1) is 24.0 Å². The Hall–Kier alpha value is -1.26. The first-order valence-corrected chi connectivity index (χ1v) is 9.36. The van der Waals surface area contributed by atoms with E-state index in [0.717, 1.165) is 31.3 Å². The third kappa shape index (κ3) is 5.86. The molecule has 0 radical (unpaired) electrons. The molecule has 0 aromatic heterocycles. The highest BCUT2D eigenvalue weighted by molar-refractivity contribution is 14.0. The molecule has 3 rings (SSSR count). The minimum Gasteiger partial charge on any atom is -0.493 e. The summed E-state index contributed by atoms with van der Waals surface area (Å²) in [5.74, 6) is 2.13. The van der Waals surface area contributed by atoms with Crippen LogP contribution in [0.25, 0.3) is 0 Å². The first-order chi connectivity index (χ1) is 12.7. The van der Waals surface area contributed by atoms with E-state index >= 15 is 0 Å². The van der Waals surface area contributed by atoms with E-state index in [4.69, 9.17) is 19.2 Å². The van der Waals surface area contributed by atoms with Gasteiger partial charge in [0.25, 0.3) is 0 Å². The van der Waals surface area contributed by atoms with Gasteiger partial charge >= 0.3 is 0 Å². The molecule has 2 aliphatic heterocycles. The molecule has 2 N–H and O–H groups in total. The number of ether oxygens (including phenoxy) is 3. The van der Waals surface area contributed by atoms with Crippen molar-refractivity contribution in [2.24, 2.45) is 4.99 Å². The summed E-state index contributed by atoms with van der Waals surface area (Å²) < 4.78 is 16.6. The molecule has 152 valence electrons. The van der Waals surface area contributed by atoms with Crippen LogP contribution in [0.4, 0.5) is 5.69 Å². The van der Waals surface area contributed by atoms with E-state index in [1.54, 1.807) is 14.2 Å². The molecule has 8 heteroatoms. The molecule has 2 heterocycles. The highest BCUT2D eigenvalue weighted by atomic mass is 127. The lowest BCUT2D eigenvalue weighted by atomic mass is 10.2. The number of fused-ring (bicyclic) bond motifs is 1. The van der Waals surface area contributed by atoms with Gasteiger partial charge in [0.1, 0.15) is 0 Å². The Kier molecular flexibility index (Phi) is 8.91. The molecule has 0 aliphatic carbocycles. The molecule has 2 atom stereocenters. The van der Waals surface area contributed by atoms with Crippen molar-refractivity contribution >= 4 is 35.6 Å². The Morgan fingerprint density at radius 3 is 2.85 bits per heavy atom. The van der Waals surface area contributed by atoms with E-state index < -0.39 is 0 Å². The van der Waals surface area contributed by atoms with Gasteiger partial charge in [0.2, 0.25) is 0 Å². The lowest BCUT2D eigenvalue weighted by molar-refractivity contribution is -0.0431. The first-order valence-electron chi connectivity index (χ1n) is 9.36. The minimum atomic E-state index is 0. The van der Waals surface area contributed by atoms with Crippen LogP contribution in [-0.2, 0) is 4.74 Å². The molecule has 7 nitrogen and oxygen atoms in total. The fourth-order valence-electron chi connectivity index (χ4n) is 3.55. The average Bonchev–Trinajstić information content (AvgIpc) is 3.14. The molecule has 2 saturated heterocycles. The van der Waals surface area contributed by atoms with Gasteiger partial charge in [-0.05, 0) is 38.4 Å². The summed E-state index contributed by atoms with van der Waals surface area (Å²) in [5, 5.41) is 6.61. The molecule has 2 fully saturated rings. The smallest absolute Gasteiger partial charge is 0.195 e. The van der Waals surface area contributed by atoms with Crippen LogP contribution in [0.3, 0.4) is 0 Å². The zero-order chi connectivity index (χ0) is 18.4. The summed E-state index contributed by atoms with van der Waals surface area (Å²) in [7, 11) is 3.26. The summed E-state index contributed by atoms with van der Waals surface area (Å²) in [6.07, 6.45) is 2.71. The number of nitrogens with one attached hydrogen (secondary N) is 2. The first kappa shape index (κ1) is 22.0. The summed E-state index contributed by atoms with van der Waals surface area (Å²) >= 11 is 0. The summed E-state index contributed by atoms with van der Waals surface area (Å²) in [4.78, 5) is 7.26.